The Morgan fingerprint density at radius 1 is 0.935 bits per heavy atom. The molecule has 1 aliphatic rings. The number of hydrogen-bond acceptors (Lipinski definition) is 4. The van der Waals surface area contributed by atoms with Crippen LogP contribution in [0.3, 0.4) is 0 Å². The van der Waals surface area contributed by atoms with Crippen LogP contribution in [-0.4, -0.2) is 53.3 Å². The summed E-state index contributed by atoms with van der Waals surface area (Å²) in [5.41, 5.74) is 7.38. The van der Waals surface area contributed by atoms with E-state index in [1.807, 2.05) is 30.7 Å². The number of carbonyl (C=O) groups excluding carboxylic acids is 1. The van der Waals surface area contributed by atoms with Crippen molar-refractivity contribution < 1.29 is 4.79 Å². The molecule has 0 bridgehead atoms. The molecule has 2 aromatic carbocycles. The van der Waals surface area contributed by atoms with Crippen LogP contribution in [0.25, 0.3) is 5.69 Å². The molecule has 1 amide bonds. The third-order valence-corrected chi connectivity index (χ3v) is 6.03. The van der Waals surface area contributed by atoms with Crippen LogP contribution >= 0.6 is 0 Å². The topological polar surface area (TPSA) is 53.4 Å². The normalized spacial score (nSPS) is 14.6. The largest absolute Gasteiger partial charge is 0.369 e. The van der Waals surface area contributed by atoms with Crippen molar-refractivity contribution in [1.29, 1.82) is 0 Å². The van der Waals surface area contributed by atoms with E-state index in [1.165, 1.54) is 16.8 Å². The summed E-state index contributed by atoms with van der Waals surface area (Å²) in [5.74, 6) is 0.0130. The van der Waals surface area contributed by atoms with E-state index in [1.54, 1.807) is 0 Å². The molecule has 1 N–H and O–H groups in total. The van der Waals surface area contributed by atoms with Crippen molar-refractivity contribution in [2.45, 2.75) is 27.7 Å². The summed E-state index contributed by atoms with van der Waals surface area (Å²) in [4.78, 5) is 17.4. The highest BCUT2D eigenvalue weighted by Gasteiger charge is 2.21. The smallest absolute Gasteiger partial charge is 0.238 e. The van der Waals surface area contributed by atoms with E-state index in [2.05, 4.69) is 70.5 Å². The van der Waals surface area contributed by atoms with Gasteiger partial charge in [-0.1, -0.05) is 35.9 Å². The van der Waals surface area contributed by atoms with E-state index in [4.69, 9.17) is 0 Å². The molecular weight excluding hydrogens is 386 g/mol. The zero-order chi connectivity index (χ0) is 22.0. The minimum Gasteiger partial charge on any atom is -0.369 e. The number of para-hydroxylation sites is 1. The molecule has 0 spiro atoms. The van der Waals surface area contributed by atoms with Gasteiger partial charge in [0.1, 0.15) is 0 Å². The lowest BCUT2D eigenvalue weighted by Gasteiger charge is -2.36. The maximum Gasteiger partial charge on any atom is 0.238 e. The molecular formula is C25H31N5O. The molecule has 0 atom stereocenters. The van der Waals surface area contributed by atoms with Crippen LogP contribution in [0.15, 0.2) is 48.5 Å². The van der Waals surface area contributed by atoms with Gasteiger partial charge in [0.05, 0.1) is 29.3 Å². The van der Waals surface area contributed by atoms with Crippen molar-refractivity contribution >= 4 is 17.3 Å². The number of piperazine rings is 1. The van der Waals surface area contributed by atoms with Gasteiger partial charge in [0, 0.05) is 31.9 Å². The van der Waals surface area contributed by atoms with Crippen LogP contribution < -0.4 is 10.2 Å². The fraction of sp³-hybridized carbons (Fsp3) is 0.360. The van der Waals surface area contributed by atoms with E-state index in [-0.39, 0.29) is 5.91 Å². The monoisotopic (exact) mass is 417 g/mol. The number of hydrogen-bond donors (Lipinski definition) is 1. The first-order valence-electron chi connectivity index (χ1n) is 10.9. The number of nitrogens with zero attached hydrogens (tertiary/aromatic N) is 4. The van der Waals surface area contributed by atoms with Crippen molar-refractivity contribution in [1.82, 2.24) is 14.7 Å². The van der Waals surface area contributed by atoms with E-state index >= 15 is 0 Å². The van der Waals surface area contributed by atoms with Gasteiger partial charge in [0.15, 0.2) is 0 Å². The van der Waals surface area contributed by atoms with Crippen LogP contribution in [0.4, 0.5) is 11.4 Å². The van der Waals surface area contributed by atoms with E-state index in [9.17, 15) is 4.79 Å². The molecule has 0 unspecified atom stereocenters. The highest BCUT2D eigenvalue weighted by atomic mass is 16.2. The molecule has 6 nitrogen and oxygen atoms in total. The molecule has 1 aliphatic heterocycles. The van der Waals surface area contributed by atoms with Gasteiger partial charge in [-0.05, 0) is 51.5 Å². The Hall–Kier alpha value is -3.12. The Labute approximate surface area is 184 Å². The molecule has 162 valence electrons. The Kier molecular flexibility index (Phi) is 6.09. The first-order chi connectivity index (χ1) is 14.9. The summed E-state index contributed by atoms with van der Waals surface area (Å²) >= 11 is 0. The number of nitrogens with one attached hydrogen (secondary N) is 1. The summed E-state index contributed by atoms with van der Waals surface area (Å²) in [6.07, 6.45) is 0. The molecule has 1 aromatic heterocycles. The average Bonchev–Trinajstić information content (AvgIpc) is 3.03. The molecule has 0 aliphatic carbocycles. The number of carbonyl (C=O) groups is 1. The highest BCUT2D eigenvalue weighted by Crippen LogP contribution is 2.24. The molecule has 1 saturated heterocycles. The van der Waals surface area contributed by atoms with Gasteiger partial charge in [-0.15, -0.1) is 0 Å². The van der Waals surface area contributed by atoms with Gasteiger partial charge in [0.2, 0.25) is 5.91 Å². The molecule has 31 heavy (non-hydrogen) atoms. The van der Waals surface area contributed by atoms with Crippen LogP contribution in [0.5, 0.6) is 0 Å². The van der Waals surface area contributed by atoms with Gasteiger partial charge in [-0.3, -0.25) is 9.69 Å². The summed E-state index contributed by atoms with van der Waals surface area (Å²) in [6.45, 7) is 12.2. The Morgan fingerprint density at radius 2 is 1.61 bits per heavy atom. The van der Waals surface area contributed by atoms with Gasteiger partial charge in [-0.25, -0.2) is 4.68 Å². The van der Waals surface area contributed by atoms with Crippen LogP contribution in [0.1, 0.15) is 22.5 Å². The Morgan fingerprint density at radius 3 is 2.29 bits per heavy atom. The third kappa shape index (κ3) is 4.64. The van der Waals surface area contributed by atoms with Crippen molar-refractivity contribution in [2.75, 3.05) is 42.9 Å². The van der Waals surface area contributed by atoms with Crippen molar-refractivity contribution in [3.63, 3.8) is 0 Å². The molecule has 4 rings (SSSR count). The molecule has 0 radical (unpaired) electrons. The van der Waals surface area contributed by atoms with Crippen molar-refractivity contribution in [2.24, 2.45) is 0 Å². The van der Waals surface area contributed by atoms with E-state index < -0.39 is 0 Å². The lowest BCUT2D eigenvalue weighted by Crippen LogP contribution is -2.48. The van der Waals surface area contributed by atoms with Gasteiger partial charge >= 0.3 is 0 Å². The number of amides is 1. The number of rotatable bonds is 5. The predicted octanol–water partition coefficient (Wildman–Crippen LogP) is 3.87. The molecule has 2 heterocycles. The summed E-state index contributed by atoms with van der Waals surface area (Å²) in [5, 5.41) is 7.75. The lowest BCUT2D eigenvalue weighted by atomic mass is 10.1. The second-order valence-corrected chi connectivity index (χ2v) is 8.39. The maximum absolute atomic E-state index is 12.8. The van der Waals surface area contributed by atoms with Crippen LogP contribution in [0.2, 0.25) is 0 Å². The van der Waals surface area contributed by atoms with Crippen LogP contribution in [0, 0.1) is 27.7 Å². The zero-order valence-electron chi connectivity index (χ0n) is 18.9. The number of aryl methyl sites for hydroxylation is 3. The van der Waals surface area contributed by atoms with Gasteiger partial charge in [0.25, 0.3) is 0 Å². The molecule has 6 heteroatoms. The fourth-order valence-corrected chi connectivity index (χ4v) is 4.21. The summed E-state index contributed by atoms with van der Waals surface area (Å²) in [6, 6.07) is 16.7. The number of anilines is 2. The number of benzene rings is 2. The Balaban J connectivity index is 1.36. The van der Waals surface area contributed by atoms with E-state index in [0.29, 0.717) is 6.54 Å². The first-order valence-corrected chi connectivity index (χ1v) is 10.9. The van der Waals surface area contributed by atoms with Crippen molar-refractivity contribution in [3.8, 4) is 5.69 Å². The second kappa shape index (κ2) is 8.94. The van der Waals surface area contributed by atoms with Crippen molar-refractivity contribution in [3.05, 3.63) is 71.0 Å². The Bertz CT molecular complexity index is 1060. The van der Waals surface area contributed by atoms with E-state index in [0.717, 1.165) is 48.9 Å². The second-order valence-electron chi connectivity index (χ2n) is 8.39. The quantitative estimate of drug-likeness (QED) is 0.685. The zero-order valence-corrected chi connectivity index (χ0v) is 18.9. The predicted molar refractivity (Wildman–Crippen MR) is 126 cm³/mol. The minimum atomic E-state index is 0.0130. The fourth-order valence-electron chi connectivity index (χ4n) is 4.21. The number of aromatic nitrogens is 2. The summed E-state index contributed by atoms with van der Waals surface area (Å²) < 4.78 is 1.89. The first kappa shape index (κ1) is 21.1. The highest BCUT2D eigenvalue weighted by molar-refractivity contribution is 5.93. The van der Waals surface area contributed by atoms with Crippen LogP contribution in [-0.2, 0) is 4.79 Å². The average molecular weight is 418 g/mol. The minimum absolute atomic E-state index is 0.0130. The standard InChI is InChI=1S/C25H31N5O/c1-18-9-11-22(12-10-18)30-21(4)25(20(3)27-30)26-24(31)17-28-13-15-29(16-14-28)23-8-6-5-7-19(23)2/h5-12H,13-17H2,1-4H3,(H,26,31). The molecule has 1 fully saturated rings. The molecule has 3 aromatic rings. The van der Waals surface area contributed by atoms with Gasteiger partial charge in [-0.2, -0.15) is 5.10 Å². The third-order valence-electron chi connectivity index (χ3n) is 6.03. The molecule has 0 saturated carbocycles. The SMILES string of the molecule is Cc1ccc(-n2nc(C)c(NC(=O)CN3CCN(c4ccccc4C)CC3)c2C)cc1. The maximum atomic E-state index is 12.8. The summed E-state index contributed by atoms with van der Waals surface area (Å²) in [7, 11) is 0. The van der Waals surface area contributed by atoms with Gasteiger partial charge < -0.3 is 10.2 Å². The lowest BCUT2D eigenvalue weighted by molar-refractivity contribution is -0.117.